The number of rotatable bonds is 3. The monoisotopic (exact) mass is 268 g/mol. The molecule has 0 atom stereocenters. The maximum atomic E-state index is 5.76. The van der Waals surface area contributed by atoms with Gasteiger partial charge in [-0.3, -0.25) is 0 Å². The van der Waals surface area contributed by atoms with Gasteiger partial charge in [0, 0.05) is 22.2 Å². The third-order valence-corrected chi connectivity index (χ3v) is 4.01. The summed E-state index contributed by atoms with van der Waals surface area (Å²) in [6, 6.07) is 5.95. The van der Waals surface area contributed by atoms with Crippen LogP contribution in [0.1, 0.15) is 31.7 Å². The van der Waals surface area contributed by atoms with E-state index in [-0.39, 0.29) is 0 Å². The van der Waals surface area contributed by atoms with E-state index in [0.717, 1.165) is 16.7 Å². The van der Waals surface area contributed by atoms with E-state index in [1.165, 1.54) is 24.8 Å². The summed E-state index contributed by atoms with van der Waals surface area (Å²) in [7, 11) is 0. The van der Waals surface area contributed by atoms with Gasteiger partial charge in [-0.15, -0.1) is 0 Å². The Bertz CT molecular complexity index is 359. The largest absolute Gasteiger partial charge is 0.399 e. The quantitative estimate of drug-likeness (QED) is 0.828. The van der Waals surface area contributed by atoms with E-state index in [4.69, 9.17) is 5.73 Å². The van der Waals surface area contributed by atoms with Gasteiger partial charge in [-0.05, 0) is 49.9 Å². The van der Waals surface area contributed by atoms with Crippen LogP contribution < -0.4 is 11.1 Å². The van der Waals surface area contributed by atoms with Crippen molar-refractivity contribution in [1.82, 2.24) is 5.32 Å². The lowest BCUT2D eigenvalue weighted by Gasteiger charge is -2.39. The molecule has 15 heavy (non-hydrogen) atoms. The van der Waals surface area contributed by atoms with Crippen LogP contribution in [0.15, 0.2) is 22.7 Å². The third-order valence-electron chi connectivity index (χ3n) is 3.23. The van der Waals surface area contributed by atoms with Crippen LogP contribution in [0.2, 0.25) is 0 Å². The molecule has 2 rings (SSSR count). The fourth-order valence-corrected chi connectivity index (χ4v) is 2.31. The number of halogens is 1. The normalized spacial score (nSPS) is 18.5. The van der Waals surface area contributed by atoms with Crippen LogP contribution in [-0.4, -0.2) is 5.54 Å². The molecule has 2 nitrogen and oxygen atoms in total. The molecule has 0 spiro atoms. The zero-order valence-corrected chi connectivity index (χ0v) is 10.6. The van der Waals surface area contributed by atoms with E-state index in [2.05, 4.69) is 28.2 Å². The first-order valence-electron chi connectivity index (χ1n) is 5.38. The second-order valence-electron chi connectivity index (χ2n) is 4.62. The lowest BCUT2D eigenvalue weighted by Crippen LogP contribution is -2.47. The number of nitrogens with one attached hydrogen (secondary N) is 1. The zero-order valence-electron chi connectivity index (χ0n) is 9.02. The molecule has 0 unspecified atom stereocenters. The molecule has 3 N–H and O–H groups in total. The molecule has 1 aromatic carbocycles. The van der Waals surface area contributed by atoms with Gasteiger partial charge >= 0.3 is 0 Å². The summed E-state index contributed by atoms with van der Waals surface area (Å²) in [4.78, 5) is 0. The van der Waals surface area contributed by atoms with Crippen molar-refractivity contribution in [2.75, 3.05) is 5.73 Å². The number of nitrogens with two attached hydrogens (primary N) is 1. The van der Waals surface area contributed by atoms with Crippen LogP contribution in [0.4, 0.5) is 5.69 Å². The third kappa shape index (κ3) is 2.52. The Morgan fingerprint density at radius 3 is 2.80 bits per heavy atom. The molecule has 0 heterocycles. The van der Waals surface area contributed by atoms with E-state index in [1.807, 2.05) is 18.2 Å². The Morgan fingerprint density at radius 1 is 1.47 bits per heavy atom. The van der Waals surface area contributed by atoms with Crippen molar-refractivity contribution in [2.45, 2.75) is 38.3 Å². The van der Waals surface area contributed by atoms with Crippen LogP contribution in [0.3, 0.4) is 0 Å². The van der Waals surface area contributed by atoms with E-state index < -0.39 is 0 Å². The highest BCUT2D eigenvalue weighted by atomic mass is 79.9. The summed E-state index contributed by atoms with van der Waals surface area (Å²) in [5, 5.41) is 3.59. The van der Waals surface area contributed by atoms with Gasteiger partial charge in [0.25, 0.3) is 0 Å². The first kappa shape index (κ1) is 11.0. The maximum Gasteiger partial charge on any atom is 0.0318 e. The number of nitrogen functional groups attached to an aromatic ring is 1. The van der Waals surface area contributed by atoms with Crippen molar-refractivity contribution in [2.24, 2.45) is 0 Å². The molecule has 0 bridgehead atoms. The second kappa shape index (κ2) is 4.14. The fraction of sp³-hybridized carbons (Fsp3) is 0.500. The molecular formula is C12H17BrN2. The van der Waals surface area contributed by atoms with Gasteiger partial charge in [0.2, 0.25) is 0 Å². The summed E-state index contributed by atoms with van der Waals surface area (Å²) >= 11 is 3.54. The van der Waals surface area contributed by atoms with Crippen molar-refractivity contribution < 1.29 is 0 Å². The minimum absolute atomic E-state index is 0.351. The predicted octanol–water partition coefficient (Wildman–Crippen LogP) is 3.06. The summed E-state index contributed by atoms with van der Waals surface area (Å²) < 4.78 is 1.13. The second-order valence-corrected chi connectivity index (χ2v) is 5.47. The van der Waals surface area contributed by atoms with E-state index in [9.17, 15) is 0 Å². The van der Waals surface area contributed by atoms with Crippen molar-refractivity contribution in [3.05, 3.63) is 28.2 Å². The molecule has 0 amide bonds. The van der Waals surface area contributed by atoms with Gasteiger partial charge < -0.3 is 11.1 Å². The Balaban J connectivity index is 2.01. The lowest BCUT2D eigenvalue weighted by molar-refractivity contribution is 0.206. The van der Waals surface area contributed by atoms with Gasteiger partial charge in [0.05, 0.1) is 0 Å². The van der Waals surface area contributed by atoms with E-state index in [1.54, 1.807) is 0 Å². The van der Waals surface area contributed by atoms with Crippen LogP contribution >= 0.6 is 15.9 Å². The summed E-state index contributed by atoms with van der Waals surface area (Å²) in [5.74, 6) is 0. The number of hydrogen-bond donors (Lipinski definition) is 2. The summed E-state index contributed by atoms with van der Waals surface area (Å²) in [6.45, 7) is 3.18. The van der Waals surface area contributed by atoms with Crippen molar-refractivity contribution in [3.63, 3.8) is 0 Å². The number of hydrogen-bond acceptors (Lipinski definition) is 2. The molecule has 0 radical (unpaired) electrons. The van der Waals surface area contributed by atoms with Gasteiger partial charge in [0.1, 0.15) is 0 Å². The topological polar surface area (TPSA) is 38.0 Å². The van der Waals surface area contributed by atoms with Crippen molar-refractivity contribution >= 4 is 21.6 Å². The van der Waals surface area contributed by atoms with E-state index in [0.29, 0.717) is 5.54 Å². The molecule has 0 aromatic heterocycles. The number of benzene rings is 1. The predicted molar refractivity (Wildman–Crippen MR) is 67.7 cm³/mol. The molecule has 1 fully saturated rings. The van der Waals surface area contributed by atoms with Crippen LogP contribution in [0, 0.1) is 0 Å². The summed E-state index contributed by atoms with van der Waals surface area (Å²) in [5.41, 5.74) is 8.18. The Labute approximate surface area is 99.4 Å². The van der Waals surface area contributed by atoms with E-state index >= 15 is 0 Å². The molecular weight excluding hydrogens is 252 g/mol. The zero-order chi connectivity index (χ0) is 10.9. The van der Waals surface area contributed by atoms with Crippen LogP contribution in [0.5, 0.6) is 0 Å². The fourth-order valence-electron chi connectivity index (χ4n) is 1.92. The highest BCUT2D eigenvalue weighted by molar-refractivity contribution is 9.10. The average molecular weight is 269 g/mol. The first-order chi connectivity index (χ1) is 7.09. The lowest BCUT2D eigenvalue weighted by atomic mass is 9.78. The van der Waals surface area contributed by atoms with Crippen LogP contribution in [-0.2, 0) is 6.54 Å². The van der Waals surface area contributed by atoms with Crippen molar-refractivity contribution in [3.8, 4) is 0 Å². The van der Waals surface area contributed by atoms with Gasteiger partial charge in [0.15, 0.2) is 0 Å². The maximum absolute atomic E-state index is 5.76. The minimum Gasteiger partial charge on any atom is -0.399 e. The smallest absolute Gasteiger partial charge is 0.0318 e. The summed E-state index contributed by atoms with van der Waals surface area (Å²) in [6.07, 6.45) is 3.92. The van der Waals surface area contributed by atoms with Gasteiger partial charge in [-0.25, -0.2) is 0 Å². The molecule has 1 aliphatic rings. The highest BCUT2D eigenvalue weighted by Crippen LogP contribution is 2.31. The highest BCUT2D eigenvalue weighted by Gasteiger charge is 2.30. The molecule has 82 valence electrons. The van der Waals surface area contributed by atoms with Crippen LogP contribution in [0.25, 0.3) is 0 Å². The molecule has 1 saturated carbocycles. The Morgan fingerprint density at radius 2 is 2.20 bits per heavy atom. The standard InChI is InChI=1S/C12H17BrN2/c1-12(5-2-6-12)15-8-9-7-10(14)3-4-11(9)13/h3-4,7,15H,2,5-6,8,14H2,1H3. The average Bonchev–Trinajstić information content (AvgIpc) is 2.17. The molecule has 1 aliphatic carbocycles. The van der Waals surface area contributed by atoms with Gasteiger partial charge in [-0.2, -0.15) is 0 Å². The van der Waals surface area contributed by atoms with Gasteiger partial charge in [-0.1, -0.05) is 15.9 Å². The Kier molecular flexibility index (Phi) is 3.03. The minimum atomic E-state index is 0.351. The molecule has 1 aromatic rings. The van der Waals surface area contributed by atoms with Crippen molar-refractivity contribution in [1.29, 1.82) is 0 Å². The molecule has 0 saturated heterocycles. The number of anilines is 1. The first-order valence-corrected chi connectivity index (χ1v) is 6.17. The SMILES string of the molecule is CC1(NCc2cc(N)ccc2Br)CCC1. The Hall–Kier alpha value is -0.540. The molecule has 0 aliphatic heterocycles. The molecule has 3 heteroatoms.